The summed E-state index contributed by atoms with van der Waals surface area (Å²) in [5.74, 6) is 0.272. The van der Waals surface area contributed by atoms with Crippen LogP contribution in [0.3, 0.4) is 0 Å². The molecule has 0 saturated carbocycles. The number of halogens is 1. The summed E-state index contributed by atoms with van der Waals surface area (Å²) in [5, 5.41) is 3.06. The third-order valence-corrected chi connectivity index (χ3v) is 3.96. The Balaban J connectivity index is 1.78. The first-order valence-corrected chi connectivity index (χ1v) is 7.90. The Labute approximate surface area is 136 Å². The number of ether oxygens (including phenoxy) is 1. The van der Waals surface area contributed by atoms with Crippen molar-refractivity contribution in [1.29, 1.82) is 0 Å². The third-order valence-electron chi connectivity index (χ3n) is 3.96. The molecule has 0 spiro atoms. The highest BCUT2D eigenvalue weighted by Crippen LogP contribution is 2.27. The van der Waals surface area contributed by atoms with Gasteiger partial charge in [-0.05, 0) is 44.6 Å². The van der Waals surface area contributed by atoms with Crippen LogP contribution in [0.2, 0.25) is 0 Å². The molecule has 4 heteroatoms. The molecule has 0 radical (unpaired) electrons. The molecule has 0 fully saturated rings. The molecular weight excluding hydrogens is 291 g/mol. The Kier molecular flexibility index (Phi) is 4.72. The first-order chi connectivity index (χ1) is 11.2. The van der Waals surface area contributed by atoms with E-state index in [1.807, 2.05) is 25.2 Å². The molecule has 3 rings (SSSR count). The molecule has 0 amide bonds. The first kappa shape index (κ1) is 15.7. The lowest BCUT2D eigenvalue weighted by Crippen LogP contribution is -2.11. The maximum absolute atomic E-state index is 14.5. The summed E-state index contributed by atoms with van der Waals surface area (Å²) >= 11 is 0. The van der Waals surface area contributed by atoms with Gasteiger partial charge in [-0.25, -0.2) is 4.39 Å². The summed E-state index contributed by atoms with van der Waals surface area (Å²) in [4.78, 5) is 4.52. The quantitative estimate of drug-likeness (QED) is 0.829. The lowest BCUT2D eigenvalue weighted by atomic mass is 9.98. The van der Waals surface area contributed by atoms with Gasteiger partial charge < -0.3 is 10.1 Å². The molecule has 2 aromatic rings. The van der Waals surface area contributed by atoms with Crippen molar-refractivity contribution in [3.8, 4) is 5.75 Å². The van der Waals surface area contributed by atoms with Crippen LogP contribution in [0.15, 0.2) is 41.4 Å². The van der Waals surface area contributed by atoms with Crippen LogP contribution in [0.25, 0.3) is 0 Å². The van der Waals surface area contributed by atoms with Gasteiger partial charge in [0.15, 0.2) is 0 Å². The Morgan fingerprint density at radius 3 is 2.78 bits per heavy atom. The van der Waals surface area contributed by atoms with E-state index in [-0.39, 0.29) is 5.82 Å². The first-order valence-electron chi connectivity index (χ1n) is 7.90. The second-order valence-electron chi connectivity index (χ2n) is 5.77. The summed E-state index contributed by atoms with van der Waals surface area (Å²) in [5.41, 5.74) is 4.66. The zero-order valence-corrected chi connectivity index (χ0v) is 13.5. The van der Waals surface area contributed by atoms with E-state index in [1.165, 1.54) is 11.6 Å². The van der Waals surface area contributed by atoms with Gasteiger partial charge in [-0.15, -0.1) is 0 Å². The number of aryl methyl sites for hydroxylation is 1. The minimum Gasteiger partial charge on any atom is -0.493 e. The van der Waals surface area contributed by atoms with E-state index in [0.29, 0.717) is 24.5 Å². The van der Waals surface area contributed by atoms with Crippen LogP contribution in [0, 0.1) is 12.7 Å². The molecule has 2 aromatic carbocycles. The maximum Gasteiger partial charge on any atom is 0.136 e. The monoisotopic (exact) mass is 312 g/mol. The van der Waals surface area contributed by atoms with E-state index in [1.54, 1.807) is 6.07 Å². The number of rotatable bonds is 6. The Bertz CT molecular complexity index is 740. The van der Waals surface area contributed by atoms with Gasteiger partial charge in [-0.1, -0.05) is 23.8 Å². The van der Waals surface area contributed by atoms with Crippen LogP contribution in [-0.4, -0.2) is 25.9 Å². The molecule has 1 aliphatic rings. The fourth-order valence-corrected chi connectivity index (χ4v) is 2.78. The van der Waals surface area contributed by atoms with Gasteiger partial charge >= 0.3 is 0 Å². The normalized spacial score (nSPS) is 12.9. The van der Waals surface area contributed by atoms with Gasteiger partial charge in [0, 0.05) is 17.2 Å². The topological polar surface area (TPSA) is 33.6 Å². The highest BCUT2D eigenvalue weighted by molar-refractivity contribution is 6.15. The van der Waals surface area contributed by atoms with Crippen molar-refractivity contribution in [2.75, 3.05) is 20.2 Å². The molecule has 120 valence electrons. The van der Waals surface area contributed by atoms with E-state index in [9.17, 15) is 4.39 Å². The second kappa shape index (κ2) is 6.92. The number of fused-ring (bicyclic) bond motifs is 1. The molecular formula is C19H21FN2O. The zero-order valence-electron chi connectivity index (χ0n) is 13.5. The van der Waals surface area contributed by atoms with E-state index in [0.717, 1.165) is 29.8 Å². The van der Waals surface area contributed by atoms with Crippen LogP contribution < -0.4 is 10.1 Å². The third kappa shape index (κ3) is 3.42. The standard InChI is InChI=1S/C19H21FN2O/c1-13-4-6-16-14(10-13)12-22-19(16)17-7-5-15(11-18(17)20)23-9-3-8-21-2/h4-7,10-11,21H,3,8-9,12H2,1-2H3. The molecule has 1 N–H and O–H groups in total. The van der Waals surface area contributed by atoms with Crippen LogP contribution in [0.1, 0.15) is 28.7 Å². The Hall–Kier alpha value is -2.20. The van der Waals surface area contributed by atoms with E-state index < -0.39 is 0 Å². The minimum atomic E-state index is -0.289. The molecule has 0 bridgehead atoms. The molecule has 0 atom stereocenters. The summed E-state index contributed by atoms with van der Waals surface area (Å²) in [6, 6.07) is 11.2. The van der Waals surface area contributed by atoms with Crippen molar-refractivity contribution in [1.82, 2.24) is 5.32 Å². The van der Waals surface area contributed by atoms with E-state index >= 15 is 0 Å². The highest BCUT2D eigenvalue weighted by atomic mass is 19.1. The minimum absolute atomic E-state index is 0.289. The van der Waals surface area contributed by atoms with Crippen molar-refractivity contribution in [3.05, 3.63) is 64.5 Å². The Morgan fingerprint density at radius 1 is 1.17 bits per heavy atom. The van der Waals surface area contributed by atoms with Crippen LogP contribution in [0.4, 0.5) is 4.39 Å². The highest BCUT2D eigenvalue weighted by Gasteiger charge is 2.20. The molecule has 23 heavy (non-hydrogen) atoms. The maximum atomic E-state index is 14.5. The van der Waals surface area contributed by atoms with Crippen LogP contribution >= 0.6 is 0 Å². The van der Waals surface area contributed by atoms with Gasteiger partial charge in [-0.3, -0.25) is 4.99 Å². The van der Waals surface area contributed by atoms with Gasteiger partial charge in [-0.2, -0.15) is 0 Å². The fourth-order valence-electron chi connectivity index (χ4n) is 2.78. The summed E-state index contributed by atoms with van der Waals surface area (Å²) < 4.78 is 20.0. The predicted octanol–water partition coefficient (Wildman–Crippen LogP) is 3.47. The van der Waals surface area contributed by atoms with Crippen molar-refractivity contribution in [3.63, 3.8) is 0 Å². The second-order valence-corrected chi connectivity index (χ2v) is 5.77. The van der Waals surface area contributed by atoms with Crippen molar-refractivity contribution < 1.29 is 9.13 Å². The Morgan fingerprint density at radius 2 is 2.00 bits per heavy atom. The summed E-state index contributed by atoms with van der Waals surface area (Å²) in [6.07, 6.45) is 0.888. The van der Waals surface area contributed by atoms with Gasteiger partial charge in [0.1, 0.15) is 11.6 Å². The predicted molar refractivity (Wildman–Crippen MR) is 91.0 cm³/mol. The lowest BCUT2D eigenvalue weighted by Gasteiger charge is -2.09. The zero-order chi connectivity index (χ0) is 16.2. The van der Waals surface area contributed by atoms with Gasteiger partial charge in [0.05, 0.1) is 18.9 Å². The van der Waals surface area contributed by atoms with E-state index in [4.69, 9.17) is 4.74 Å². The number of nitrogens with one attached hydrogen (secondary N) is 1. The lowest BCUT2D eigenvalue weighted by molar-refractivity contribution is 0.308. The molecule has 0 saturated heterocycles. The summed E-state index contributed by atoms with van der Waals surface area (Å²) in [6.45, 7) is 4.13. The van der Waals surface area contributed by atoms with Crippen molar-refractivity contribution in [2.45, 2.75) is 19.9 Å². The molecule has 1 heterocycles. The largest absolute Gasteiger partial charge is 0.493 e. The number of hydrogen-bond acceptors (Lipinski definition) is 3. The summed E-state index contributed by atoms with van der Waals surface area (Å²) in [7, 11) is 1.90. The molecule has 1 aliphatic heterocycles. The SMILES string of the molecule is CNCCCOc1ccc(C2=NCc3cc(C)ccc32)c(F)c1. The van der Waals surface area contributed by atoms with Crippen molar-refractivity contribution >= 4 is 5.71 Å². The number of benzene rings is 2. The molecule has 0 unspecified atom stereocenters. The fraction of sp³-hybridized carbons (Fsp3) is 0.316. The van der Waals surface area contributed by atoms with Gasteiger partial charge in [0.25, 0.3) is 0 Å². The van der Waals surface area contributed by atoms with Crippen LogP contribution in [-0.2, 0) is 6.54 Å². The van der Waals surface area contributed by atoms with Crippen LogP contribution in [0.5, 0.6) is 5.75 Å². The van der Waals surface area contributed by atoms with Gasteiger partial charge in [0.2, 0.25) is 0 Å². The molecule has 0 aromatic heterocycles. The number of nitrogens with zero attached hydrogens (tertiary/aromatic N) is 1. The molecule has 0 aliphatic carbocycles. The average molecular weight is 312 g/mol. The molecule has 3 nitrogen and oxygen atoms in total. The van der Waals surface area contributed by atoms with E-state index in [2.05, 4.69) is 23.3 Å². The number of hydrogen-bond donors (Lipinski definition) is 1. The average Bonchev–Trinajstić information content (AvgIpc) is 2.94. The van der Waals surface area contributed by atoms with Crippen molar-refractivity contribution in [2.24, 2.45) is 4.99 Å². The smallest absolute Gasteiger partial charge is 0.136 e. The number of aliphatic imine (C=N–C) groups is 1.